The van der Waals surface area contributed by atoms with E-state index in [9.17, 15) is 0 Å². The van der Waals surface area contributed by atoms with E-state index in [1.807, 2.05) is 6.92 Å². The highest BCUT2D eigenvalue weighted by Gasteiger charge is 2.30. The van der Waals surface area contributed by atoms with Crippen LogP contribution in [-0.2, 0) is 4.74 Å². The van der Waals surface area contributed by atoms with E-state index in [-0.39, 0.29) is 0 Å². The van der Waals surface area contributed by atoms with Crippen LogP contribution in [0, 0.1) is 6.92 Å². The molecule has 0 radical (unpaired) electrons. The Labute approximate surface area is 116 Å². The molecular formula is C17H25NO. The number of benzene rings is 1. The van der Waals surface area contributed by atoms with Gasteiger partial charge >= 0.3 is 0 Å². The summed E-state index contributed by atoms with van der Waals surface area (Å²) in [4.78, 5) is 0. The highest BCUT2D eigenvalue weighted by Crippen LogP contribution is 2.38. The lowest BCUT2D eigenvalue weighted by Gasteiger charge is -2.37. The van der Waals surface area contributed by atoms with Crippen LogP contribution in [0.5, 0.6) is 0 Å². The molecular weight excluding hydrogens is 234 g/mol. The van der Waals surface area contributed by atoms with Crippen molar-refractivity contribution in [3.05, 3.63) is 47.5 Å². The second-order valence-corrected chi connectivity index (χ2v) is 5.69. The van der Waals surface area contributed by atoms with Crippen LogP contribution in [0.25, 0.3) is 0 Å². The Morgan fingerprint density at radius 2 is 2.11 bits per heavy atom. The quantitative estimate of drug-likeness (QED) is 0.598. The third-order valence-corrected chi connectivity index (χ3v) is 3.79. The van der Waals surface area contributed by atoms with Crippen molar-refractivity contribution in [3.8, 4) is 0 Å². The predicted molar refractivity (Wildman–Crippen MR) is 80.6 cm³/mol. The first-order valence-electron chi connectivity index (χ1n) is 7.18. The first-order valence-corrected chi connectivity index (χ1v) is 7.18. The number of hydrogen-bond acceptors (Lipinski definition) is 2. The molecule has 1 aromatic rings. The van der Waals surface area contributed by atoms with Gasteiger partial charge in [0.15, 0.2) is 0 Å². The highest BCUT2D eigenvalue weighted by molar-refractivity contribution is 5.31. The first-order chi connectivity index (χ1) is 9.16. The Bertz CT molecular complexity index is 421. The van der Waals surface area contributed by atoms with Crippen molar-refractivity contribution in [1.82, 2.24) is 5.32 Å². The van der Waals surface area contributed by atoms with Crippen LogP contribution in [0.4, 0.5) is 0 Å². The summed E-state index contributed by atoms with van der Waals surface area (Å²) in [6, 6.07) is 9.41. The summed E-state index contributed by atoms with van der Waals surface area (Å²) < 4.78 is 5.48. The second kappa shape index (κ2) is 6.88. The fourth-order valence-corrected chi connectivity index (χ4v) is 2.66. The molecule has 0 heterocycles. The molecule has 0 aliphatic heterocycles. The predicted octanol–water partition coefficient (Wildman–Crippen LogP) is 3.42. The maximum absolute atomic E-state index is 5.48. The van der Waals surface area contributed by atoms with Gasteiger partial charge in [-0.3, -0.25) is 0 Å². The van der Waals surface area contributed by atoms with Crippen molar-refractivity contribution in [2.75, 3.05) is 19.8 Å². The number of ether oxygens (including phenoxy) is 1. The fourth-order valence-electron chi connectivity index (χ4n) is 2.66. The van der Waals surface area contributed by atoms with E-state index in [4.69, 9.17) is 4.74 Å². The highest BCUT2D eigenvalue weighted by atomic mass is 16.5. The van der Waals surface area contributed by atoms with Gasteiger partial charge in [0, 0.05) is 12.6 Å². The van der Waals surface area contributed by atoms with Gasteiger partial charge in [0.2, 0.25) is 0 Å². The summed E-state index contributed by atoms with van der Waals surface area (Å²) in [6.07, 6.45) is 2.51. The zero-order valence-corrected chi connectivity index (χ0v) is 12.1. The number of rotatable bonds is 7. The van der Waals surface area contributed by atoms with E-state index in [0.29, 0.717) is 12.6 Å². The van der Waals surface area contributed by atoms with Crippen LogP contribution < -0.4 is 5.32 Å². The standard InChI is InChI=1S/C17H25NO/c1-13(2)12-19-9-8-18-16-10-15(11-16)17-7-5-4-6-14(17)3/h4-7,15-16,18H,1,8-12H2,2-3H3. The van der Waals surface area contributed by atoms with Crippen molar-refractivity contribution in [2.24, 2.45) is 0 Å². The van der Waals surface area contributed by atoms with Gasteiger partial charge in [-0.2, -0.15) is 0 Å². The minimum absolute atomic E-state index is 0.665. The Morgan fingerprint density at radius 1 is 1.37 bits per heavy atom. The van der Waals surface area contributed by atoms with Crippen LogP contribution in [0.1, 0.15) is 36.8 Å². The SMILES string of the molecule is C=C(C)COCCNC1CC(c2ccccc2C)C1. The molecule has 0 bridgehead atoms. The van der Waals surface area contributed by atoms with Crippen molar-refractivity contribution in [3.63, 3.8) is 0 Å². The van der Waals surface area contributed by atoms with Crippen molar-refractivity contribution in [1.29, 1.82) is 0 Å². The molecule has 2 rings (SSSR count). The minimum atomic E-state index is 0.665. The molecule has 1 N–H and O–H groups in total. The van der Waals surface area contributed by atoms with Gasteiger partial charge in [-0.25, -0.2) is 0 Å². The van der Waals surface area contributed by atoms with E-state index in [2.05, 4.69) is 43.1 Å². The van der Waals surface area contributed by atoms with Crippen LogP contribution in [0.2, 0.25) is 0 Å². The van der Waals surface area contributed by atoms with Gasteiger partial charge in [-0.1, -0.05) is 36.4 Å². The number of aryl methyl sites for hydroxylation is 1. The van der Waals surface area contributed by atoms with Crippen LogP contribution in [-0.4, -0.2) is 25.8 Å². The molecule has 1 fully saturated rings. The second-order valence-electron chi connectivity index (χ2n) is 5.69. The minimum Gasteiger partial charge on any atom is -0.376 e. The number of nitrogens with one attached hydrogen (secondary N) is 1. The van der Waals surface area contributed by atoms with Crippen LogP contribution in [0.3, 0.4) is 0 Å². The van der Waals surface area contributed by atoms with Gasteiger partial charge in [-0.05, 0) is 43.7 Å². The molecule has 0 saturated heterocycles. The summed E-state index contributed by atoms with van der Waals surface area (Å²) in [5.74, 6) is 0.745. The van der Waals surface area contributed by atoms with Crippen molar-refractivity contribution < 1.29 is 4.74 Å². The monoisotopic (exact) mass is 259 g/mol. The van der Waals surface area contributed by atoms with Gasteiger partial charge in [0.05, 0.1) is 13.2 Å². The molecule has 0 aromatic heterocycles. The molecule has 19 heavy (non-hydrogen) atoms. The Hall–Kier alpha value is -1.12. The van der Waals surface area contributed by atoms with E-state index >= 15 is 0 Å². The fraction of sp³-hybridized carbons (Fsp3) is 0.529. The van der Waals surface area contributed by atoms with Gasteiger partial charge in [-0.15, -0.1) is 0 Å². The van der Waals surface area contributed by atoms with Gasteiger partial charge in [0.25, 0.3) is 0 Å². The third-order valence-electron chi connectivity index (χ3n) is 3.79. The lowest BCUT2D eigenvalue weighted by Crippen LogP contribution is -2.41. The molecule has 0 spiro atoms. The Balaban J connectivity index is 1.62. The lowest BCUT2D eigenvalue weighted by atomic mass is 9.74. The molecule has 1 aliphatic rings. The maximum Gasteiger partial charge on any atom is 0.0672 e. The zero-order valence-electron chi connectivity index (χ0n) is 12.1. The molecule has 1 aromatic carbocycles. The molecule has 104 valence electrons. The Morgan fingerprint density at radius 3 is 2.79 bits per heavy atom. The average Bonchev–Trinajstić information content (AvgIpc) is 2.32. The van der Waals surface area contributed by atoms with Crippen LogP contribution >= 0.6 is 0 Å². The van der Waals surface area contributed by atoms with E-state index in [1.165, 1.54) is 24.0 Å². The largest absolute Gasteiger partial charge is 0.376 e. The van der Waals surface area contributed by atoms with Gasteiger partial charge < -0.3 is 10.1 Å². The molecule has 0 unspecified atom stereocenters. The maximum atomic E-state index is 5.48. The number of hydrogen-bond donors (Lipinski definition) is 1. The van der Waals surface area contributed by atoms with Crippen molar-refractivity contribution >= 4 is 0 Å². The summed E-state index contributed by atoms with van der Waals surface area (Å²) >= 11 is 0. The van der Waals surface area contributed by atoms with E-state index < -0.39 is 0 Å². The van der Waals surface area contributed by atoms with E-state index in [1.54, 1.807) is 0 Å². The van der Waals surface area contributed by atoms with E-state index in [0.717, 1.165) is 24.6 Å². The summed E-state index contributed by atoms with van der Waals surface area (Å²) in [5.41, 5.74) is 4.04. The average molecular weight is 259 g/mol. The smallest absolute Gasteiger partial charge is 0.0672 e. The lowest BCUT2D eigenvalue weighted by molar-refractivity contribution is 0.148. The van der Waals surface area contributed by atoms with Gasteiger partial charge in [0.1, 0.15) is 0 Å². The third kappa shape index (κ3) is 4.19. The normalized spacial score (nSPS) is 22.0. The molecule has 1 aliphatic carbocycles. The first kappa shape index (κ1) is 14.3. The molecule has 2 heteroatoms. The van der Waals surface area contributed by atoms with Crippen LogP contribution in [0.15, 0.2) is 36.4 Å². The molecule has 2 nitrogen and oxygen atoms in total. The molecule has 1 saturated carbocycles. The molecule has 0 atom stereocenters. The summed E-state index contributed by atoms with van der Waals surface area (Å²) in [6.45, 7) is 10.4. The topological polar surface area (TPSA) is 21.3 Å². The summed E-state index contributed by atoms with van der Waals surface area (Å²) in [7, 11) is 0. The van der Waals surface area contributed by atoms with Crippen molar-refractivity contribution in [2.45, 2.75) is 38.6 Å². The summed E-state index contributed by atoms with van der Waals surface area (Å²) in [5, 5.41) is 3.56. The Kier molecular flexibility index (Phi) is 5.17. The zero-order chi connectivity index (χ0) is 13.7. The molecule has 0 amide bonds.